The van der Waals surface area contributed by atoms with Crippen LogP contribution in [0.25, 0.3) is 0 Å². The highest BCUT2D eigenvalue weighted by atomic mass is 32.2. The van der Waals surface area contributed by atoms with E-state index in [1.807, 2.05) is 11.4 Å². The van der Waals surface area contributed by atoms with Gasteiger partial charge >= 0.3 is 12.0 Å². The molecule has 0 bridgehead atoms. The van der Waals surface area contributed by atoms with E-state index in [2.05, 4.69) is 32.0 Å². The van der Waals surface area contributed by atoms with Crippen LogP contribution in [0.4, 0.5) is 4.79 Å². The highest BCUT2D eigenvalue weighted by Gasteiger charge is 2.12. The third-order valence-corrected chi connectivity index (χ3v) is 4.73. The van der Waals surface area contributed by atoms with Gasteiger partial charge in [0, 0.05) is 10.6 Å². The van der Waals surface area contributed by atoms with Gasteiger partial charge in [0.25, 0.3) is 5.91 Å². The molecule has 0 aromatic heterocycles. The molecule has 2 aromatic rings. The van der Waals surface area contributed by atoms with Gasteiger partial charge in [0.15, 0.2) is 6.61 Å². The molecule has 2 rings (SSSR count). The van der Waals surface area contributed by atoms with E-state index in [-0.39, 0.29) is 0 Å². The molecule has 0 aliphatic heterocycles. The van der Waals surface area contributed by atoms with Crippen molar-refractivity contribution in [1.29, 1.82) is 0 Å². The van der Waals surface area contributed by atoms with E-state index in [1.165, 1.54) is 16.0 Å². The number of carbonyl (C=O) groups excluding carboxylic acids is 3. The Morgan fingerprint density at radius 3 is 2.58 bits per heavy atom. The van der Waals surface area contributed by atoms with Crippen LogP contribution in [0.1, 0.15) is 27.0 Å². The van der Waals surface area contributed by atoms with Gasteiger partial charge in [-0.3, -0.25) is 10.1 Å². The summed E-state index contributed by atoms with van der Waals surface area (Å²) in [4.78, 5) is 35.0. The van der Waals surface area contributed by atoms with Crippen LogP contribution in [0.5, 0.6) is 0 Å². The lowest BCUT2D eigenvalue weighted by Crippen LogP contribution is -2.37. The van der Waals surface area contributed by atoms with Crippen molar-refractivity contribution in [2.75, 3.05) is 6.61 Å². The number of ether oxygens (including phenoxy) is 1. The van der Waals surface area contributed by atoms with Gasteiger partial charge in [-0.25, -0.2) is 9.59 Å². The highest BCUT2D eigenvalue weighted by molar-refractivity contribution is 7.98. The average Bonchev–Trinajstić information content (AvgIpc) is 2.58. The summed E-state index contributed by atoms with van der Waals surface area (Å²) < 4.78 is 4.88. The zero-order valence-electron chi connectivity index (χ0n) is 14.6. The Kier molecular flexibility index (Phi) is 6.80. The summed E-state index contributed by atoms with van der Waals surface area (Å²) in [5, 5.41) is 1.83. The van der Waals surface area contributed by atoms with Crippen molar-refractivity contribution >= 4 is 29.7 Å². The summed E-state index contributed by atoms with van der Waals surface area (Å²) in [6.07, 6.45) is 0. The van der Waals surface area contributed by atoms with Gasteiger partial charge in [-0.2, -0.15) is 0 Å². The standard InChI is InChI=1S/C19H20N2O4S/c1-12-6-7-16(13(2)8-12)26-11-14-4-3-5-15(9-14)18(23)25-10-17(22)21-19(20)24/h3-9H,10-11H2,1-2H3,(H3,20,21,22,24). The summed E-state index contributed by atoms with van der Waals surface area (Å²) in [7, 11) is 0. The van der Waals surface area contributed by atoms with Crippen molar-refractivity contribution in [2.24, 2.45) is 5.73 Å². The number of hydrogen-bond acceptors (Lipinski definition) is 5. The Morgan fingerprint density at radius 1 is 1.12 bits per heavy atom. The number of nitrogens with two attached hydrogens (primary N) is 1. The van der Waals surface area contributed by atoms with Gasteiger partial charge < -0.3 is 10.5 Å². The lowest BCUT2D eigenvalue weighted by atomic mass is 10.1. The number of urea groups is 1. The normalized spacial score (nSPS) is 10.2. The molecule has 2 aromatic carbocycles. The molecule has 3 N–H and O–H groups in total. The van der Waals surface area contributed by atoms with Crippen molar-refractivity contribution in [3.05, 3.63) is 64.7 Å². The molecule has 0 heterocycles. The van der Waals surface area contributed by atoms with E-state index in [4.69, 9.17) is 10.5 Å². The molecular weight excluding hydrogens is 352 g/mol. The fourth-order valence-corrected chi connectivity index (χ4v) is 3.25. The molecular formula is C19H20N2O4S. The number of thioether (sulfide) groups is 1. The number of benzene rings is 2. The predicted octanol–water partition coefficient (Wildman–Crippen LogP) is 2.95. The zero-order chi connectivity index (χ0) is 19.1. The maximum atomic E-state index is 12.0. The van der Waals surface area contributed by atoms with E-state index >= 15 is 0 Å². The third-order valence-electron chi connectivity index (χ3n) is 3.48. The molecule has 0 atom stereocenters. The van der Waals surface area contributed by atoms with Crippen LogP contribution in [-0.2, 0) is 15.3 Å². The lowest BCUT2D eigenvalue weighted by molar-refractivity contribution is -0.123. The summed E-state index contributed by atoms with van der Waals surface area (Å²) in [5.74, 6) is -0.705. The molecule has 0 unspecified atom stereocenters. The van der Waals surface area contributed by atoms with Gasteiger partial charge in [0.2, 0.25) is 0 Å². The van der Waals surface area contributed by atoms with Crippen LogP contribution in [-0.4, -0.2) is 24.5 Å². The van der Waals surface area contributed by atoms with E-state index in [9.17, 15) is 14.4 Å². The first kappa shape index (κ1) is 19.5. The SMILES string of the molecule is Cc1ccc(SCc2cccc(C(=O)OCC(=O)NC(N)=O)c2)c(C)c1. The number of primary amides is 1. The van der Waals surface area contributed by atoms with Crippen molar-refractivity contribution in [1.82, 2.24) is 5.32 Å². The average molecular weight is 372 g/mol. The predicted molar refractivity (Wildman–Crippen MR) is 99.9 cm³/mol. The van der Waals surface area contributed by atoms with E-state index in [1.54, 1.807) is 30.0 Å². The van der Waals surface area contributed by atoms with Crippen LogP contribution in [0.15, 0.2) is 47.4 Å². The number of imide groups is 1. The minimum atomic E-state index is -0.989. The number of aryl methyl sites for hydroxylation is 2. The summed E-state index contributed by atoms with van der Waals surface area (Å²) in [6.45, 7) is 3.56. The Balaban J connectivity index is 1.95. The van der Waals surface area contributed by atoms with Crippen LogP contribution in [0, 0.1) is 13.8 Å². The molecule has 26 heavy (non-hydrogen) atoms. The first-order valence-electron chi connectivity index (χ1n) is 7.90. The van der Waals surface area contributed by atoms with Gasteiger partial charge in [0.05, 0.1) is 5.56 Å². The summed E-state index contributed by atoms with van der Waals surface area (Å²) in [6, 6.07) is 12.3. The molecule has 0 saturated carbocycles. The molecule has 0 aliphatic rings. The van der Waals surface area contributed by atoms with Crippen molar-refractivity contribution in [2.45, 2.75) is 24.5 Å². The lowest BCUT2D eigenvalue weighted by Gasteiger charge is -2.08. The number of rotatable bonds is 6. The van der Waals surface area contributed by atoms with Crippen LogP contribution in [0.2, 0.25) is 0 Å². The summed E-state index contributed by atoms with van der Waals surface area (Å²) in [5.41, 5.74) is 8.56. The Morgan fingerprint density at radius 2 is 1.88 bits per heavy atom. The second-order valence-electron chi connectivity index (χ2n) is 5.75. The largest absolute Gasteiger partial charge is 0.452 e. The quantitative estimate of drug-likeness (QED) is 0.600. The van der Waals surface area contributed by atoms with E-state index in [0.717, 1.165) is 5.56 Å². The number of nitrogens with one attached hydrogen (secondary N) is 1. The number of carbonyl (C=O) groups is 3. The molecule has 6 nitrogen and oxygen atoms in total. The summed E-state index contributed by atoms with van der Waals surface area (Å²) >= 11 is 1.69. The third kappa shape index (κ3) is 5.93. The van der Waals surface area contributed by atoms with Crippen LogP contribution >= 0.6 is 11.8 Å². The van der Waals surface area contributed by atoms with Crippen LogP contribution in [0.3, 0.4) is 0 Å². The molecule has 0 aliphatic carbocycles. The second-order valence-corrected chi connectivity index (χ2v) is 6.76. The first-order chi connectivity index (χ1) is 12.3. The molecule has 0 fully saturated rings. The molecule has 0 radical (unpaired) electrons. The molecule has 3 amide bonds. The minimum absolute atomic E-state index is 0.343. The zero-order valence-corrected chi connectivity index (χ0v) is 15.4. The van der Waals surface area contributed by atoms with Crippen molar-refractivity contribution in [3.8, 4) is 0 Å². The van der Waals surface area contributed by atoms with Gasteiger partial charge in [-0.1, -0.05) is 29.8 Å². The molecule has 0 saturated heterocycles. The monoisotopic (exact) mass is 372 g/mol. The van der Waals surface area contributed by atoms with Gasteiger partial charge in [-0.15, -0.1) is 11.8 Å². The number of esters is 1. The molecule has 136 valence electrons. The van der Waals surface area contributed by atoms with Crippen molar-refractivity contribution in [3.63, 3.8) is 0 Å². The highest BCUT2D eigenvalue weighted by Crippen LogP contribution is 2.27. The Hall–Kier alpha value is -2.80. The van der Waals surface area contributed by atoms with E-state index < -0.39 is 24.5 Å². The van der Waals surface area contributed by atoms with Gasteiger partial charge in [0.1, 0.15) is 0 Å². The van der Waals surface area contributed by atoms with E-state index in [0.29, 0.717) is 11.3 Å². The maximum absolute atomic E-state index is 12.0. The Labute approximate surface area is 156 Å². The molecule has 0 spiro atoms. The fourth-order valence-electron chi connectivity index (χ4n) is 2.30. The Bertz CT molecular complexity index is 836. The fraction of sp³-hybridized carbons (Fsp3) is 0.211. The number of amides is 3. The van der Waals surface area contributed by atoms with Crippen LogP contribution < -0.4 is 11.1 Å². The molecule has 7 heteroatoms. The second kappa shape index (κ2) is 9.05. The van der Waals surface area contributed by atoms with Crippen molar-refractivity contribution < 1.29 is 19.1 Å². The van der Waals surface area contributed by atoms with Gasteiger partial charge in [-0.05, 0) is 43.2 Å². The number of hydrogen-bond donors (Lipinski definition) is 2. The first-order valence-corrected chi connectivity index (χ1v) is 8.89. The smallest absolute Gasteiger partial charge is 0.338 e. The maximum Gasteiger partial charge on any atom is 0.338 e. The topological polar surface area (TPSA) is 98.5 Å². The minimum Gasteiger partial charge on any atom is -0.452 e.